The SMILES string of the molecule is CC1OC1P(=O)(O)O.[NaH].[NaH]. The van der Waals surface area contributed by atoms with E-state index in [4.69, 9.17) is 9.79 Å². The van der Waals surface area contributed by atoms with E-state index in [1.807, 2.05) is 0 Å². The fourth-order valence-electron chi connectivity index (χ4n) is 0.527. The van der Waals surface area contributed by atoms with Crippen molar-refractivity contribution in [3.63, 3.8) is 0 Å². The van der Waals surface area contributed by atoms with Crippen molar-refractivity contribution in [2.24, 2.45) is 0 Å². The van der Waals surface area contributed by atoms with Crippen LogP contribution >= 0.6 is 7.60 Å². The summed E-state index contributed by atoms with van der Waals surface area (Å²) >= 11 is 0. The number of epoxide rings is 1. The summed E-state index contributed by atoms with van der Waals surface area (Å²) in [6.45, 7) is 1.63. The standard InChI is InChI=1S/C3H7O4P.2Na.2H/c1-2-3(7-2)8(4,5)6;;;;/h2-3H,1H3,(H2,4,5,6);;;;. The first-order valence-electron chi connectivity index (χ1n) is 2.22. The molecule has 0 saturated carbocycles. The second-order valence-corrected chi connectivity index (χ2v) is 3.51. The van der Waals surface area contributed by atoms with Gasteiger partial charge in [-0.3, -0.25) is 4.57 Å². The Kier molecular flexibility index (Phi) is 7.27. The van der Waals surface area contributed by atoms with Crippen molar-refractivity contribution in [2.75, 3.05) is 0 Å². The molecule has 1 fully saturated rings. The van der Waals surface area contributed by atoms with Crippen LogP contribution in [0.1, 0.15) is 6.92 Å². The van der Waals surface area contributed by atoms with Crippen LogP contribution in [0.4, 0.5) is 0 Å². The van der Waals surface area contributed by atoms with Crippen molar-refractivity contribution in [3.05, 3.63) is 0 Å². The molecule has 4 nitrogen and oxygen atoms in total. The van der Waals surface area contributed by atoms with Crippen molar-refractivity contribution < 1.29 is 19.1 Å². The second-order valence-electron chi connectivity index (χ2n) is 1.82. The molecule has 0 radical (unpaired) electrons. The summed E-state index contributed by atoms with van der Waals surface area (Å²) in [5.41, 5.74) is 0. The molecule has 7 heteroatoms. The maximum absolute atomic E-state index is 10.2. The van der Waals surface area contributed by atoms with Crippen molar-refractivity contribution in [1.29, 1.82) is 0 Å². The molecular formula is C3H9Na2O4P. The fourth-order valence-corrected chi connectivity index (χ4v) is 1.42. The van der Waals surface area contributed by atoms with Crippen LogP contribution in [0.5, 0.6) is 0 Å². The van der Waals surface area contributed by atoms with E-state index in [-0.39, 0.29) is 65.2 Å². The van der Waals surface area contributed by atoms with Crippen LogP contribution in [0.15, 0.2) is 0 Å². The second kappa shape index (κ2) is 4.97. The number of hydrogen-bond donors (Lipinski definition) is 2. The van der Waals surface area contributed by atoms with E-state index in [0.29, 0.717) is 0 Å². The van der Waals surface area contributed by atoms with Gasteiger partial charge in [0, 0.05) is 0 Å². The van der Waals surface area contributed by atoms with E-state index in [0.717, 1.165) is 0 Å². The summed E-state index contributed by atoms with van der Waals surface area (Å²) in [6, 6.07) is 0. The molecule has 0 aromatic rings. The summed E-state index contributed by atoms with van der Waals surface area (Å²) in [7, 11) is -3.90. The Balaban J connectivity index is 0. The monoisotopic (exact) mass is 186 g/mol. The molecule has 2 atom stereocenters. The van der Waals surface area contributed by atoms with Crippen molar-refractivity contribution in [3.8, 4) is 0 Å². The molecule has 2 N–H and O–H groups in total. The van der Waals surface area contributed by atoms with Gasteiger partial charge in [0.2, 0.25) is 0 Å². The van der Waals surface area contributed by atoms with E-state index in [1.165, 1.54) is 0 Å². The van der Waals surface area contributed by atoms with Crippen LogP contribution in [0.25, 0.3) is 0 Å². The summed E-state index contributed by atoms with van der Waals surface area (Å²) in [5.74, 6) is -0.817. The van der Waals surface area contributed by atoms with Gasteiger partial charge in [-0.05, 0) is 6.92 Å². The molecule has 52 valence electrons. The molecule has 0 aromatic carbocycles. The molecule has 1 aliphatic rings. The van der Waals surface area contributed by atoms with Gasteiger partial charge in [-0.2, -0.15) is 0 Å². The third kappa shape index (κ3) is 4.21. The summed E-state index contributed by atoms with van der Waals surface area (Å²) in [6.07, 6.45) is -0.254. The van der Waals surface area contributed by atoms with E-state index < -0.39 is 13.4 Å². The zero-order chi connectivity index (χ0) is 6.36. The molecule has 2 unspecified atom stereocenters. The predicted octanol–water partition coefficient (Wildman–Crippen LogP) is -1.39. The predicted molar refractivity (Wildman–Crippen MR) is 40.7 cm³/mol. The molecule has 10 heavy (non-hydrogen) atoms. The molecule has 0 aliphatic carbocycles. The van der Waals surface area contributed by atoms with E-state index in [2.05, 4.69) is 4.74 Å². The van der Waals surface area contributed by atoms with Gasteiger partial charge in [-0.15, -0.1) is 0 Å². The third-order valence-electron chi connectivity index (χ3n) is 1.01. The molecule has 1 rings (SSSR count). The Bertz CT molecular complexity index is 145. The average Bonchev–Trinajstić information content (AvgIpc) is 2.13. The minimum atomic E-state index is -3.90. The average molecular weight is 186 g/mol. The van der Waals surface area contributed by atoms with Crippen LogP contribution in [0, 0.1) is 0 Å². The summed E-state index contributed by atoms with van der Waals surface area (Å²) in [5, 5.41) is 0. The zero-order valence-corrected chi connectivity index (χ0v) is 5.21. The maximum atomic E-state index is 10.2. The van der Waals surface area contributed by atoms with Crippen LogP contribution in [-0.4, -0.2) is 80.9 Å². The van der Waals surface area contributed by atoms with E-state index in [9.17, 15) is 4.57 Å². The van der Waals surface area contributed by atoms with Crippen LogP contribution in [-0.2, 0) is 9.30 Å². The van der Waals surface area contributed by atoms with E-state index >= 15 is 0 Å². The van der Waals surface area contributed by atoms with Gasteiger partial charge >= 0.3 is 66.7 Å². The van der Waals surface area contributed by atoms with Gasteiger partial charge in [0.1, 0.15) is 0 Å². The Hall–Kier alpha value is 2.11. The van der Waals surface area contributed by atoms with Crippen molar-refractivity contribution >= 4 is 66.7 Å². The normalized spacial score (nSPS) is 29.9. The Labute approximate surface area is 103 Å². The van der Waals surface area contributed by atoms with Gasteiger partial charge in [0.05, 0.1) is 6.10 Å². The summed E-state index contributed by atoms with van der Waals surface area (Å²) in [4.78, 5) is 16.6. The Morgan fingerprint density at radius 1 is 1.40 bits per heavy atom. The molecule has 1 saturated heterocycles. The molecular weight excluding hydrogens is 177 g/mol. The first-order valence-corrected chi connectivity index (χ1v) is 3.90. The van der Waals surface area contributed by atoms with Gasteiger partial charge in [0.15, 0.2) is 5.85 Å². The molecule has 0 amide bonds. The van der Waals surface area contributed by atoms with Gasteiger partial charge in [0.25, 0.3) is 0 Å². The third-order valence-corrected chi connectivity index (χ3v) is 2.22. The molecule has 0 spiro atoms. The molecule has 1 heterocycles. The van der Waals surface area contributed by atoms with Crippen LogP contribution < -0.4 is 0 Å². The van der Waals surface area contributed by atoms with Crippen molar-refractivity contribution in [2.45, 2.75) is 18.9 Å². The van der Waals surface area contributed by atoms with Crippen LogP contribution in [0.3, 0.4) is 0 Å². The minimum absolute atomic E-state index is 0. The quantitative estimate of drug-likeness (QED) is 0.300. The first-order chi connectivity index (χ1) is 3.52. The van der Waals surface area contributed by atoms with E-state index in [1.54, 1.807) is 6.92 Å². The number of hydrogen-bond acceptors (Lipinski definition) is 2. The number of rotatable bonds is 1. The van der Waals surface area contributed by atoms with Crippen molar-refractivity contribution in [1.82, 2.24) is 0 Å². The number of ether oxygens (including phenoxy) is 1. The van der Waals surface area contributed by atoms with Gasteiger partial charge < -0.3 is 14.5 Å². The van der Waals surface area contributed by atoms with Crippen LogP contribution in [0.2, 0.25) is 0 Å². The summed E-state index contributed by atoms with van der Waals surface area (Å²) < 4.78 is 14.7. The first kappa shape index (κ1) is 14.6. The molecule has 1 aliphatic heterocycles. The van der Waals surface area contributed by atoms with Gasteiger partial charge in [-0.25, -0.2) is 0 Å². The Morgan fingerprint density at radius 3 is 1.70 bits per heavy atom. The van der Waals surface area contributed by atoms with Gasteiger partial charge in [-0.1, -0.05) is 0 Å². The molecule has 0 bridgehead atoms. The Morgan fingerprint density at radius 2 is 1.70 bits per heavy atom. The zero-order valence-electron chi connectivity index (χ0n) is 4.31. The topological polar surface area (TPSA) is 70.1 Å². The fraction of sp³-hybridized carbons (Fsp3) is 1.00. The molecule has 0 aromatic heterocycles.